The van der Waals surface area contributed by atoms with E-state index in [0.29, 0.717) is 12.1 Å². The van der Waals surface area contributed by atoms with E-state index in [-0.39, 0.29) is 5.82 Å². The lowest BCUT2D eigenvalue weighted by Crippen LogP contribution is -1.91. The maximum absolute atomic E-state index is 12.8. The molecule has 0 aliphatic rings. The summed E-state index contributed by atoms with van der Waals surface area (Å²) in [6, 6.07) is 4.58. The monoisotopic (exact) mass is 176 g/mol. The molecule has 0 aliphatic heterocycles. The van der Waals surface area contributed by atoms with Crippen molar-refractivity contribution in [3.8, 4) is 0 Å². The molecule has 1 heterocycles. The highest BCUT2D eigenvalue weighted by atomic mass is 19.1. The van der Waals surface area contributed by atoms with Gasteiger partial charge in [0.25, 0.3) is 0 Å². The number of nitrogens with zero attached hydrogens (tertiary/aromatic N) is 2. The van der Waals surface area contributed by atoms with Crippen LogP contribution in [-0.4, -0.2) is 9.55 Å². The molecule has 2 rings (SSSR count). The summed E-state index contributed by atoms with van der Waals surface area (Å²) in [6.07, 6.45) is 3.47. The first-order valence-electron chi connectivity index (χ1n) is 4.02. The van der Waals surface area contributed by atoms with Crippen molar-refractivity contribution in [1.82, 2.24) is 9.55 Å². The Morgan fingerprint density at radius 3 is 3.15 bits per heavy atom. The minimum Gasteiger partial charge on any atom is -0.327 e. The van der Waals surface area contributed by atoms with Crippen molar-refractivity contribution in [2.45, 2.75) is 6.54 Å². The van der Waals surface area contributed by atoms with E-state index in [4.69, 9.17) is 0 Å². The van der Waals surface area contributed by atoms with Crippen molar-refractivity contribution in [2.75, 3.05) is 0 Å². The van der Waals surface area contributed by atoms with Crippen molar-refractivity contribution in [3.05, 3.63) is 43.0 Å². The van der Waals surface area contributed by atoms with Crippen LogP contribution in [0.2, 0.25) is 0 Å². The lowest BCUT2D eigenvalue weighted by molar-refractivity contribution is 0.629. The molecule has 0 saturated heterocycles. The van der Waals surface area contributed by atoms with Crippen LogP contribution in [0.15, 0.2) is 37.2 Å². The van der Waals surface area contributed by atoms with Crippen LogP contribution in [0.1, 0.15) is 0 Å². The molecule has 0 bridgehead atoms. The fourth-order valence-electron chi connectivity index (χ4n) is 1.32. The van der Waals surface area contributed by atoms with Crippen LogP contribution in [0, 0.1) is 5.82 Å². The summed E-state index contributed by atoms with van der Waals surface area (Å²) < 4.78 is 14.7. The number of hydrogen-bond donors (Lipinski definition) is 0. The molecule has 13 heavy (non-hydrogen) atoms. The summed E-state index contributed by atoms with van der Waals surface area (Å²) in [5, 5.41) is 0. The van der Waals surface area contributed by atoms with Gasteiger partial charge in [0.1, 0.15) is 5.82 Å². The molecule has 0 radical (unpaired) electrons. The molecule has 0 aliphatic carbocycles. The molecule has 0 saturated carbocycles. The summed E-state index contributed by atoms with van der Waals surface area (Å²) >= 11 is 0. The summed E-state index contributed by atoms with van der Waals surface area (Å²) in [5.41, 5.74) is 1.61. The van der Waals surface area contributed by atoms with Gasteiger partial charge in [0.2, 0.25) is 0 Å². The van der Waals surface area contributed by atoms with Gasteiger partial charge in [-0.15, -0.1) is 6.58 Å². The molecular weight excluding hydrogens is 167 g/mol. The van der Waals surface area contributed by atoms with E-state index >= 15 is 0 Å². The number of rotatable bonds is 2. The van der Waals surface area contributed by atoms with E-state index in [0.717, 1.165) is 5.52 Å². The third kappa shape index (κ3) is 1.33. The molecule has 1 aromatic carbocycles. The number of hydrogen-bond acceptors (Lipinski definition) is 1. The highest BCUT2D eigenvalue weighted by Gasteiger charge is 2.01. The van der Waals surface area contributed by atoms with Crippen LogP contribution >= 0.6 is 0 Å². The van der Waals surface area contributed by atoms with E-state index < -0.39 is 0 Å². The molecule has 2 nitrogen and oxygen atoms in total. The fourth-order valence-corrected chi connectivity index (χ4v) is 1.32. The minimum absolute atomic E-state index is 0.253. The Morgan fingerprint density at radius 1 is 1.54 bits per heavy atom. The Morgan fingerprint density at radius 2 is 2.38 bits per heavy atom. The Hall–Kier alpha value is -1.64. The molecule has 0 fully saturated rings. The summed E-state index contributed by atoms with van der Waals surface area (Å²) in [5.74, 6) is -0.253. The topological polar surface area (TPSA) is 17.8 Å². The lowest BCUT2D eigenvalue weighted by atomic mass is 10.3. The Bertz CT molecular complexity index is 445. The molecule has 3 heteroatoms. The zero-order chi connectivity index (χ0) is 9.26. The van der Waals surface area contributed by atoms with Crippen molar-refractivity contribution in [2.24, 2.45) is 0 Å². The van der Waals surface area contributed by atoms with E-state index in [9.17, 15) is 4.39 Å². The highest BCUT2D eigenvalue weighted by molar-refractivity contribution is 5.75. The van der Waals surface area contributed by atoms with Gasteiger partial charge in [-0.2, -0.15) is 0 Å². The van der Waals surface area contributed by atoms with Gasteiger partial charge in [0.15, 0.2) is 0 Å². The predicted molar refractivity (Wildman–Crippen MR) is 49.9 cm³/mol. The first kappa shape index (κ1) is 7.98. The molecule has 1 aromatic heterocycles. The normalized spacial score (nSPS) is 10.5. The van der Waals surface area contributed by atoms with Crippen LogP contribution < -0.4 is 0 Å². The standard InChI is InChI=1S/C10H9FN2/c1-2-5-13-7-12-9-6-8(11)3-4-10(9)13/h2-4,6-7H,1,5H2. The molecule has 0 spiro atoms. The molecule has 0 atom stereocenters. The molecular formula is C10H9FN2. The first-order chi connectivity index (χ1) is 6.31. The summed E-state index contributed by atoms with van der Waals surface area (Å²) in [6.45, 7) is 4.33. The van der Waals surface area contributed by atoms with Crippen molar-refractivity contribution < 1.29 is 4.39 Å². The molecule has 66 valence electrons. The quantitative estimate of drug-likeness (QED) is 0.642. The molecule has 2 aromatic rings. The van der Waals surface area contributed by atoms with Crippen LogP contribution in [-0.2, 0) is 6.54 Å². The summed E-state index contributed by atoms with van der Waals surface area (Å²) in [7, 11) is 0. The maximum atomic E-state index is 12.8. The Balaban J connectivity index is 2.61. The van der Waals surface area contributed by atoms with Crippen molar-refractivity contribution in [3.63, 3.8) is 0 Å². The van der Waals surface area contributed by atoms with E-state index in [1.54, 1.807) is 18.5 Å². The second-order valence-electron chi connectivity index (χ2n) is 2.82. The van der Waals surface area contributed by atoms with Gasteiger partial charge in [-0.25, -0.2) is 9.37 Å². The second kappa shape index (κ2) is 3.01. The zero-order valence-electron chi connectivity index (χ0n) is 7.07. The third-order valence-electron chi connectivity index (χ3n) is 1.91. The van der Waals surface area contributed by atoms with Crippen LogP contribution in [0.5, 0.6) is 0 Å². The highest BCUT2D eigenvalue weighted by Crippen LogP contribution is 2.13. The van der Waals surface area contributed by atoms with Crippen LogP contribution in [0.25, 0.3) is 11.0 Å². The maximum Gasteiger partial charge on any atom is 0.125 e. The van der Waals surface area contributed by atoms with Crippen molar-refractivity contribution in [1.29, 1.82) is 0 Å². The minimum atomic E-state index is -0.253. The fraction of sp³-hybridized carbons (Fsp3) is 0.100. The van der Waals surface area contributed by atoms with Crippen molar-refractivity contribution >= 4 is 11.0 Å². The predicted octanol–water partition coefficient (Wildman–Crippen LogP) is 2.36. The number of imidazole rings is 1. The Labute approximate surface area is 75.3 Å². The third-order valence-corrected chi connectivity index (χ3v) is 1.91. The number of aromatic nitrogens is 2. The molecule has 0 N–H and O–H groups in total. The van der Waals surface area contributed by atoms with E-state index in [2.05, 4.69) is 11.6 Å². The smallest absolute Gasteiger partial charge is 0.125 e. The SMILES string of the molecule is C=CCn1cnc2cc(F)ccc21. The van der Waals surface area contributed by atoms with Crippen LogP contribution in [0.3, 0.4) is 0 Å². The van der Waals surface area contributed by atoms with Gasteiger partial charge >= 0.3 is 0 Å². The van der Waals surface area contributed by atoms with Gasteiger partial charge in [0.05, 0.1) is 17.4 Å². The lowest BCUT2D eigenvalue weighted by Gasteiger charge is -1.97. The molecule has 0 amide bonds. The largest absolute Gasteiger partial charge is 0.327 e. The number of fused-ring (bicyclic) bond motifs is 1. The van der Waals surface area contributed by atoms with Gasteiger partial charge in [-0.1, -0.05) is 6.08 Å². The number of benzene rings is 1. The average molecular weight is 176 g/mol. The summed E-state index contributed by atoms with van der Waals surface area (Å²) in [4.78, 5) is 4.07. The van der Waals surface area contributed by atoms with Crippen LogP contribution in [0.4, 0.5) is 4.39 Å². The second-order valence-corrected chi connectivity index (χ2v) is 2.82. The van der Waals surface area contributed by atoms with Gasteiger partial charge in [-0.3, -0.25) is 0 Å². The van der Waals surface area contributed by atoms with E-state index in [1.165, 1.54) is 12.1 Å². The zero-order valence-corrected chi connectivity index (χ0v) is 7.07. The van der Waals surface area contributed by atoms with Gasteiger partial charge in [-0.05, 0) is 12.1 Å². The number of halogens is 1. The Kier molecular flexibility index (Phi) is 1.85. The molecule has 0 unspecified atom stereocenters. The van der Waals surface area contributed by atoms with E-state index in [1.807, 2.05) is 4.57 Å². The number of allylic oxidation sites excluding steroid dienone is 1. The van der Waals surface area contributed by atoms with Gasteiger partial charge in [0, 0.05) is 12.6 Å². The first-order valence-corrected chi connectivity index (χ1v) is 4.02. The van der Waals surface area contributed by atoms with Gasteiger partial charge < -0.3 is 4.57 Å². The average Bonchev–Trinajstić information content (AvgIpc) is 2.49.